The van der Waals surface area contributed by atoms with Crippen LogP contribution in [0.25, 0.3) is 0 Å². The molecule has 1 fully saturated rings. The summed E-state index contributed by atoms with van der Waals surface area (Å²) in [6.45, 7) is 8.13. The van der Waals surface area contributed by atoms with Crippen LogP contribution in [0.4, 0.5) is 4.79 Å². The number of amides is 1. The fraction of sp³-hybridized carbons (Fsp3) is 0.160. The van der Waals surface area contributed by atoms with Crippen molar-refractivity contribution in [2.45, 2.75) is 26.0 Å². The molecule has 1 aliphatic heterocycles. The minimum atomic E-state index is -0.437. The number of allylic oxidation sites excluding steroid dienone is 3. The van der Waals surface area contributed by atoms with Crippen LogP contribution in [0.15, 0.2) is 90.6 Å². The number of aryl methyl sites for hydroxylation is 1. The van der Waals surface area contributed by atoms with E-state index >= 15 is 0 Å². The molecule has 2 aromatic carbocycles. The zero-order valence-electron chi connectivity index (χ0n) is 16.1. The molecule has 2 atom stereocenters. The second-order valence-electron chi connectivity index (χ2n) is 6.65. The van der Waals surface area contributed by atoms with Gasteiger partial charge < -0.3 is 10.1 Å². The number of hydrogen-bond acceptors (Lipinski definition) is 2. The van der Waals surface area contributed by atoms with Crippen LogP contribution < -0.4 is 5.32 Å². The number of cyclic esters (lactones) is 1. The van der Waals surface area contributed by atoms with Gasteiger partial charge in [-0.05, 0) is 43.2 Å². The third kappa shape index (κ3) is 4.81. The molecule has 1 N–H and O–H groups in total. The van der Waals surface area contributed by atoms with Gasteiger partial charge in [-0.1, -0.05) is 78.6 Å². The first-order valence-electron chi connectivity index (χ1n) is 9.21. The predicted molar refractivity (Wildman–Crippen MR) is 113 cm³/mol. The van der Waals surface area contributed by atoms with E-state index in [1.165, 1.54) is 0 Å². The first kappa shape index (κ1) is 19.3. The molecular formula is C25H23NO2. The van der Waals surface area contributed by atoms with Crippen molar-refractivity contribution >= 4 is 6.09 Å². The van der Waals surface area contributed by atoms with Gasteiger partial charge in [0.1, 0.15) is 0 Å². The molecule has 0 aromatic heterocycles. The van der Waals surface area contributed by atoms with Crippen molar-refractivity contribution in [2.75, 3.05) is 0 Å². The van der Waals surface area contributed by atoms with E-state index in [1.54, 1.807) is 0 Å². The maximum atomic E-state index is 11.9. The highest BCUT2D eigenvalue weighted by Crippen LogP contribution is 2.31. The summed E-state index contributed by atoms with van der Waals surface area (Å²) in [6, 6.07) is 17.4. The molecule has 0 bridgehead atoms. The van der Waals surface area contributed by atoms with E-state index in [-0.39, 0.29) is 6.04 Å². The Hall–Kier alpha value is -3.51. The number of nitrogens with one attached hydrogen (secondary N) is 1. The average Bonchev–Trinajstić information content (AvgIpc) is 3.09. The number of benzene rings is 2. The Morgan fingerprint density at radius 1 is 1.14 bits per heavy atom. The monoisotopic (exact) mass is 369 g/mol. The van der Waals surface area contributed by atoms with Crippen molar-refractivity contribution in [3.05, 3.63) is 107 Å². The van der Waals surface area contributed by atoms with Gasteiger partial charge in [-0.25, -0.2) is 4.79 Å². The number of carbonyl (C=O) groups is 1. The molecule has 1 aliphatic rings. The van der Waals surface area contributed by atoms with Crippen molar-refractivity contribution in [2.24, 2.45) is 0 Å². The Morgan fingerprint density at radius 3 is 2.54 bits per heavy atom. The molecular weight excluding hydrogens is 346 g/mol. The highest BCUT2D eigenvalue weighted by atomic mass is 16.6. The van der Waals surface area contributed by atoms with Crippen molar-refractivity contribution in [3.63, 3.8) is 0 Å². The lowest BCUT2D eigenvalue weighted by Crippen LogP contribution is -2.29. The van der Waals surface area contributed by atoms with E-state index in [0.717, 1.165) is 27.8 Å². The summed E-state index contributed by atoms with van der Waals surface area (Å²) in [5.41, 5.74) is 4.60. The van der Waals surface area contributed by atoms with E-state index in [1.807, 2.05) is 86.7 Å². The van der Waals surface area contributed by atoms with Crippen molar-refractivity contribution in [1.29, 1.82) is 0 Å². The van der Waals surface area contributed by atoms with E-state index in [9.17, 15) is 4.79 Å². The standard InChI is InChI=1S/C25H23NO2/c1-4-8-21(14-13-20-9-6-5-7-10-20)17-19(3)23-24(28-25(27)26-23)22-15-11-18(2)12-16-22/h4-12,15-17,23-24H,3H2,1-2H3,(H,26,27). The van der Waals surface area contributed by atoms with Crippen LogP contribution in [-0.2, 0) is 4.74 Å². The van der Waals surface area contributed by atoms with Crippen LogP contribution >= 0.6 is 0 Å². The van der Waals surface area contributed by atoms with Crippen molar-refractivity contribution in [1.82, 2.24) is 5.32 Å². The molecule has 0 aliphatic carbocycles. The Kier molecular flexibility index (Phi) is 6.14. The van der Waals surface area contributed by atoms with E-state index in [2.05, 4.69) is 23.7 Å². The van der Waals surface area contributed by atoms with Crippen LogP contribution in [0.1, 0.15) is 29.7 Å². The van der Waals surface area contributed by atoms with Crippen molar-refractivity contribution < 1.29 is 9.53 Å². The third-order valence-corrected chi connectivity index (χ3v) is 4.43. The normalized spacial score (nSPS) is 18.9. The number of carbonyl (C=O) groups excluding carboxylic acids is 1. The molecule has 140 valence electrons. The largest absolute Gasteiger partial charge is 0.439 e. The molecule has 0 saturated carbocycles. The summed E-state index contributed by atoms with van der Waals surface area (Å²) >= 11 is 0. The smallest absolute Gasteiger partial charge is 0.408 e. The first-order valence-corrected chi connectivity index (χ1v) is 9.21. The van der Waals surface area contributed by atoms with Gasteiger partial charge in [-0.2, -0.15) is 0 Å². The van der Waals surface area contributed by atoms with Gasteiger partial charge >= 0.3 is 6.09 Å². The van der Waals surface area contributed by atoms with Gasteiger partial charge in [-0.15, -0.1) is 0 Å². The van der Waals surface area contributed by atoms with Crippen LogP contribution in [0, 0.1) is 18.8 Å². The summed E-state index contributed by atoms with van der Waals surface area (Å²) in [7, 11) is 0. The number of hydrogen-bond donors (Lipinski definition) is 1. The van der Waals surface area contributed by atoms with Gasteiger partial charge in [0.05, 0.1) is 6.04 Å². The topological polar surface area (TPSA) is 38.3 Å². The summed E-state index contributed by atoms with van der Waals surface area (Å²) in [5, 5.41) is 2.86. The minimum absolute atomic E-state index is 0.339. The molecule has 2 unspecified atom stereocenters. The Bertz CT molecular complexity index is 973. The predicted octanol–water partition coefficient (Wildman–Crippen LogP) is 5.25. The second kappa shape index (κ2) is 8.92. The van der Waals surface area contributed by atoms with E-state index in [0.29, 0.717) is 0 Å². The quantitative estimate of drug-likeness (QED) is 0.590. The molecule has 1 amide bonds. The third-order valence-electron chi connectivity index (χ3n) is 4.43. The van der Waals surface area contributed by atoms with Gasteiger partial charge in [0.15, 0.2) is 6.10 Å². The van der Waals surface area contributed by atoms with E-state index < -0.39 is 12.2 Å². The van der Waals surface area contributed by atoms with Crippen LogP contribution in [-0.4, -0.2) is 12.1 Å². The number of alkyl carbamates (subject to hydrolysis) is 1. The number of rotatable bonds is 4. The highest BCUT2D eigenvalue weighted by Gasteiger charge is 2.36. The fourth-order valence-corrected chi connectivity index (χ4v) is 2.98. The SMILES string of the molecule is C=C(C=C(C#Cc1ccccc1)C=CC)C1NC(=O)OC1c1ccc(C)cc1. The summed E-state index contributed by atoms with van der Waals surface area (Å²) in [4.78, 5) is 11.9. The van der Waals surface area contributed by atoms with Crippen LogP contribution in [0.2, 0.25) is 0 Å². The van der Waals surface area contributed by atoms with Gasteiger partial charge in [0.2, 0.25) is 0 Å². The van der Waals surface area contributed by atoms with Gasteiger partial charge in [0, 0.05) is 11.1 Å². The molecule has 1 heterocycles. The van der Waals surface area contributed by atoms with E-state index in [4.69, 9.17) is 4.74 Å². The maximum Gasteiger partial charge on any atom is 0.408 e. The summed E-state index contributed by atoms with van der Waals surface area (Å²) < 4.78 is 5.50. The zero-order valence-corrected chi connectivity index (χ0v) is 16.1. The zero-order chi connectivity index (χ0) is 19.9. The molecule has 2 aromatic rings. The van der Waals surface area contributed by atoms with Gasteiger partial charge in [-0.3, -0.25) is 0 Å². The molecule has 0 radical (unpaired) electrons. The minimum Gasteiger partial charge on any atom is -0.439 e. The van der Waals surface area contributed by atoms with Crippen LogP contribution in [0.3, 0.4) is 0 Å². The average molecular weight is 369 g/mol. The molecule has 3 nitrogen and oxygen atoms in total. The molecule has 3 rings (SSSR count). The lowest BCUT2D eigenvalue weighted by molar-refractivity contribution is 0.135. The molecule has 0 spiro atoms. The lowest BCUT2D eigenvalue weighted by Gasteiger charge is -2.18. The van der Waals surface area contributed by atoms with Crippen molar-refractivity contribution in [3.8, 4) is 11.8 Å². The summed E-state index contributed by atoms with van der Waals surface area (Å²) in [5.74, 6) is 6.33. The second-order valence-corrected chi connectivity index (χ2v) is 6.65. The Labute approximate surface area is 166 Å². The van der Waals surface area contributed by atoms with Gasteiger partial charge in [0.25, 0.3) is 0 Å². The number of ether oxygens (including phenoxy) is 1. The Balaban J connectivity index is 1.85. The fourth-order valence-electron chi connectivity index (χ4n) is 2.98. The summed E-state index contributed by atoms with van der Waals surface area (Å²) in [6.07, 6.45) is 4.91. The highest BCUT2D eigenvalue weighted by molar-refractivity contribution is 5.72. The maximum absolute atomic E-state index is 11.9. The van der Waals surface area contributed by atoms with Crippen LogP contribution in [0.5, 0.6) is 0 Å². The molecule has 1 saturated heterocycles. The first-order chi connectivity index (χ1) is 13.6. The molecule has 3 heteroatoms. The molecule has 28 heavy (non-hydrogen) atoms. The Morgan fingerprint density at radius 2 is 1.86 bits per heavy atom. The lowest BCUT2D eigenvalue weighted by atomic mass is 9.95.